The molecule has 22 heavy (non-hydrogen) atoms. The van der Waals surface area contributed by atoms with Crippen molar-refractivity contribution >= 4 is 12.0 Å². The van der Waals surface area contributed by atoms with Crippen molar-refractivity contribution in [2.75, 3.05) is 0 Å². The zero-order valence-electron chi connectivity index (χ0n) is 12.6. The number of amides is 1. The molecule has 1 N–H and O–H groups in total. The van der Waals surface area contributed by atoms with Crippen LogP contribution in [0, 0.1) is 18.3 Å². The van der Waals surface area contributed by atoms with Crippen molar-refractivity contribution in [1.29, 1.82) is 5.26 Å². The van der Waals surface area contributed by atoms with Gasteiger partial charge in [0.2, 0.25) is 11.8 Å². The molecule has 6 heteroatoms. The molecule has 1 amide bonds. The smallest absolute Gasteiger partial charge is 0.244 e. The minimum Gasteiger partial charge on any atom is -0.340 e. The molecule has 0 aliphatic rings. The highest BCUT2D eigenvalue weighted by atomic mass is 16.5. The number of carbonyl (C=O) groups excluding carboxylic acids is 1. The number of nitriles is 1. The van der Waals surface area contributed by atoms with Gasteiger partial charge in [-0.15, -0.1) is 0 Å². The van der Waals surface area contributed by atoms with Crippen molar-refractivity contribution in [1.82, 2.24) is 15.5 Å². The minimum absolute atomic E-state index is 0.305. The van der Waals surface area contributed by atoms with Crippen LogP contribution in [0.1, 0.15) is 36.7 Å². The van der Waals surface area contributed by atoms with Crippen LogP contribution in [0.4, 0.5) is 0 Å². The lowest BCUT2D eigenvalue weighted by Gasteiger charge is -2.21. The predicted octanol–water partition coefficient (Wildman–Crippen LogP) is 2.31. The Morgan fingerprint density at radius 1 is 1.41 bits per heavy atom. The average molecular weight is 296 g/mol. The van der Waals surface area contributed by atoms with Crippen molar-refractivity contribution in [3.63, 3.8) is 0 Å². The quantitative estimate of drug-likeness (QED) is 0.874. The zero-order valence-corrected chi connectivity index (χ0v) is 12.6. The summed E-state index contributed by atoms with van der Waals surface area (Å²) in [5, 5.41) is 15.6. The lowest BCUT2D eigenvalue weighted by Crippen LogP contribution is -2.41. The molecule has 0 aliphatic carbocycles. The Kier molecular flexibility index (Phi) is 4.37. The largest absolute Gasteiger partial charge is 0.340 e. The van der Waals surface area contributed by atoms with E-state index < -0.39 is 5.54 Å². The maximum atomic E-state index is 12.0. The van der Waals surface area contributed by atoms with Crippen LogP contribution in [0.15, 0.2) is 34.9 Å². The summed E-state index contributed by atoms with van der Waals surface area (Å²) in [6, 6.07) is 9.14. The maximum Gasteiger partial charge on any atom is 0.244 e. The summed E-state index contributed by atoms with van der Waals surface area (Å²) in [5.74, 6) is 0.542. The lowest BCUT2D eigenvalue weighted by molar-refractivity contribution is -0.118. The fourth-order valence-electron chi connectivity index (χ4n) is 1.87. The SMILES string of the molecule is Cc1nc(C(C)(C)NC(=O)C=Cc2ccccc2C#N)no1. The number of aryl methyl sites for hydroxylation is 1. The highest BCUT2D eigenvalue weighted by Crippen LogP contribution is 2.16. The van der Waals surface area contributed by atoms with E-state index in [1.807, 2.05) is 6.07 Å². The molecule has 0 spiro atoms. The zero-order chi connectivity index (χ0) is 16.2. The number of hydrogen-bond acceptors (Lipinski definition) is 5. The van der Waals surface area contributed by atoms with Crippen LogP contribution in [-0.2, 0) is 10.3 Å². The summed E-state index contributed by atoms with van der Waals surface area (Å²) in [5.41, 5.74) is 0.446. The van der Waals surface area contributed by atoms with Gasteiger partial charge in [0.25, 0.3) is 0 Å². The van der Waals surface area contributed by atoms with Crippen molar-refractivity contribution in [3.8, 4) is 6.07 Å². The van der Waals surface area contributed by atoms with Crippen LogP contribution in [0.3, 0.4) is 0 Å². The van der Waals surface area contributed by atoms with Gasteiger partial charge in [-0.1, -0.05) is 23.4 Å². The van der Waals surface area contributed by atoms with Gasteiger partial charge in [0.1, 0.15) is 0 Å². The van der Waals surface area contributed by atoms with Crippen molar-refractivity contribution in [2.45, 2.75) is 26.3 Å². The third-order valence-electron chi connectivity index (χ3n) is 3.02. The van der Waals surface area contributed by atoms with Gasteiger partial charge in [0.15, 0.2) is 5.82 Å². The van der Waals surface area contributed by atoms with E-state index >= 15 is 0 Å². The molecule has 0 bridgehead atoms. The van der Waals surface area contributed by atoms with Crippen molar-refractivity contribution in [2.24, 2.45) is 0 Å². The molecule has 6 nitrogen and oxygen atoms in total. The van der Waals surface area contributed by atoms with Gasteiger partial charge in [0.05, 0.1) is 17.2 Å². The number of benzene rings is 1. The molecule has 0 aliphatic heterocycles. The molecule has 0 saturated heterocycles. The van der Waals surface area contributed by atoms with Crippen molar-refractivity contribution in [3.05, 3.63) is 53.2 Å². The van der Waals surface area contributed by atoms with Gasteiger partial charge >= 0.3 is 0 Å². The summed E-state index contributed by atoms with van der Waals surface area (Å²) in [7, 11) is 0. The van der Waals surface area contributed by atoms with Gasteiger partial charge in [0, 0.05) is 13.0 Å². The monoisotopic (exact) mass is 296 g/mol. The van der Waals surface area contributed by atoms with Crippen LogP contribution in [0.25, 0.3) is 6.08 Å². The predicted molar refractivity (Wildman–Crippen MR) is 80.4 cm³/mol. The Balaban J connectivity index is 2.10. The first-order valence-corrected chi connectivity index (χ1v) is 6.72. The molecular weight excluding hydrogens is 280 g/mol. The topological polar surface area (TPSA) is 91.8 Å². The summed E-state index contributed by atoms with van der Waals surface area (Å²) in [6.45, 7) is 5.26. The van der Waals surface area contributed by atoms with Gasteiger partial charge in [-0.2, -0.15) is 10.2 Å². The van der Waals surface area contributed by atoms with Crippen LogP contribution < -0.4 is 5.32 Å². The Labute approximate surface area is 128 Å². The highest BCUT2D eigenvalue weighted by molar-refractivity contribution is 5.92. The number of hydrogen-bond donors (Lipinski definition) is 1. The number of carbonyl (C=O) groups is 1. The van der Waals surface area contributed by atoms with Crippen LogP contribution in [0.5, 0.6) is 0 Å². The molecule has 2 aromatic rings. The Bertz CT molecular complexity index is 754. The molecule has 0 fully saturated rings. The molecule has 0 radical (unpaired) electrons. The van der Waals surface area contributed by atoms with Crippen LogP contribution >= 0.6 is 0 Å². The molecule has 0 unspecified atom stereocenters. The highest BCUT2D eigenvalue weighted by Gasteiger charge is 2.27. The van der Waals surface area contributed by atoms with E-state index in [0.29, 0.717) is 22.8 Å². The van der Waals surface area contributed by atoms with Gasteiger partial charge in [-0.25, -0.2) is 0 Å². The van der Waals surface area contributed by atoms with Gasteiger partial charge in [-0.05, 0) is 31.6 Å². The lowest BCUT2D eigenvalue weighted by atomic mass is 10.0. The van der Waals surface area contributed by atoms with E-state index in [-0.39, 0.29) is 5.91 Å². The van der Waals surface area contributed by atoms with E-state index in [2.05, 4.69) is 21.5 Å². The Morgan fingerprint density at radius 3 is 2.77 bits per heavy atom. The summed E-state index contributed by atoms with van der Waals surface area (Å²) in [4.78, 5) is 16.2. The average Bonchev–Trinajstić information content (AvgIpc) is 2.92. The normalized spacial score (nSPS) is 11.4. The first kappa shape index (κ1) is 15.4. The second kappa shape index (κ2) is 6.22. The van der Waals surface area contributed by atoms with Gasteiger partial charge < -0.3 is 9.84 Å². The summed E-state index contributed by atoms with van der Waals surface area (Å²) < 4.78 is 4.93. The third-order valence-corrected chi connectivity index (χ3v) is 3.02. The second-order valence-corrected chi connectivity index (χ2v) is 5.28. The van der Waals surface area contributed by atoms with E-state index in [4.69, 9.17) is 9.78 Å². The number of rotatable bonds is 4. The fourth-order valence-corrected chi connectivity index (χ4v) is 1.87. The molecule has 1 aromatic carbocycles. The van der Waals surface area contributed by atoms with E-state index in [1.54, 1.807) is 45.0 Å². The number of aromatic nitrogens is 2. The molecule has 0 atom stereocenters. The molecule has 1 aromatic heterocycles. The molecule has 2 rings (SSSR count). The Hall–Kier alpha value is -2.94. The van der Waals surface area contributed by atoms with E-state index in [1.165, 1.54) is 6.08 Å². The third kappa shape index (κ3) is 3.58. The fraction of sp³-hybridized carbons (Fsp3) is 0.250. The van der Waals surface area contributed by atoms with Crippen LogP contribution in [-0.4, -0.2) is 16.0 Å². The van der Waals surface area contributed by atoms with E-state index in [9.17, 15) is 4.79 Å². The molecular formula is C16H16N4O2. The number of nitrogens with zero attached hydrogens (tertiary/aromatic N) is 3. The summed E-state index contributed by atoms with van der Waals surface area (Å²) >= 11 is 0. The first-order valence-electron chi connectivity index (χ1n) is 6.72. The number of nitrogens with one attached hydrogen (secondary N) is 1. The van der Waals surface area contributed by atoms with Gasteiger partial charge in [-0.3, -0.25) is 4.79 Å². The summed E-state index contributed by atoms with van der Waals surface area (Å²) in [6.07, 6.45) is 2.98. The standard InChI is InChI=1S/C16H16N4O2/c1-11-18-15(20-22-11)16(2,3)19-14(21)9-8-12-6-4-5-7-13(12)10-17/h4-9H,1-3H3,(H,19,21). The van der Waals surface area contributed by atoms with Crippen molar-refractivity contribution < 1.29 is 9.32 Å². The second-order valence-electron chi connectivity index (χ2n) is 5.28. The maximum absolute atomic E-state index is 12.0. The minimum atomic E-state index is -0.756. The van der Waals surface area contributed by atoms with Crippen LogP contribution in [0.2, 0.25) is 0 Å². The van der Waals surface area contributed by atoms with E-state index in [0.717, 1.165) is 0 Å². The molecule has 112 valence electrons. The molecule has 0 saturated carbocycles. The molecule has 1 heterocycles. The Morgan fingerprint density at radius 2 is 2.14 bits per heavy atom. The first-order chi connectivity index (χ1) is 10.4.